The summed E-state index contributed by atoms with van der Waals surface area (Å²) in [4.78, 5) is 13.8. The Kier molecular flexibility index (Phi) is 7.39. The molecule has 0 radical (unpaired) electrons. The summed E-state index contributed by atoms with van der Waals surface area (Å²) in [5, 5.41) is 3.32. The van der Waals surface area contributed by atoms with Crippen molar-refractivity contribution in [2.75, 3.05) is 19.6 Å². The van der Waals surface area contributed by atoms with Crippen LogP contribution in [-0.2, 0) is 4.79 Å². The molecule has 1 N–H and O–H groups in total. The minimum absolute atomic E-state index is 0.0684. The van der Waals surface area contributed by atoms with Crippen LogP contribution in [0.3, 0.4) is 0 Å². The monoisotopic (exact) mass is 228 g/mol. The molecule has 0 aliphatic rings. The number of likely N-dealkylation sites (N-methyl/N-ethyl adjacent to an activating group) is 1. The summed E-state index contributed by atoms with van der Waals surface area (Å²) in [7, 11) is 0. The molecule has 0 aromatic carbocycles. The van der Waals surface area contributed by atoms with Gasteiger partial charge in [0.15, 0.2) is 0 Å². The van der Waals surface area contributed by atoms with Crippen LogP contribution in [0.5, 0.6) is 0 Å². The summed E-state index contributed by atoms with van der Waals surface area (Å²) >= 11 is 0. The third-order valence-electron chi connectivity index (χ3n) is 3.33. The van der Waals surface area contributed by atoms with Crippen LogP contribution in [0.4, 0.5) is 0 Å². The average Bonchev–Trinajstić information content (AvgIpc) is 2.26. The fraction of sp³-hybridized carbons (Fsp3) is 0.923. The maximum Gasteiger partial charge on any atom is 0.239 e. The van der Waals surface area contributed by atoms with Gasteiger partial charge in [-0.3, -0.25) is 4.79 Å². The normalized spacial score (nSPS) is 14.9. The van der Waals surface area contributed by atoms with Gasteiger partial charge in [-0.25, -0.2) is 0 Å². The zero-order valence-corrected chi connectivity index (χ0v) is 11.7. The molecule has 2 atom stereocenters. The molecule has 0 spiro atoms. The molecule has 0 aromatic rings. The van der Waals surface area contributed by atoms with Gasteiger partial charge in [0.05, 0.1) is 6.04 Å². The van der Waals surface area contributed by atoms with Crippen LogP contribution < -0.4 is 5.32 Å². The topological polar surface area (TPSA) is 32.3 Å². The number of nitrogens with zero attached hydrogens (tertiary/aromatic N) is 1. The van der Waals surface area contributed by atoms with Gasteiger partial charge in [0, 0.05) is 13.1 Å². The standard InChI is InChI=1S/C13H28N2O/c1-7-15(8-2)13(16)12(6)14-9-11(5)10(3)4/h10-12,14H,7-9H2,1-6H3. The molecule has 0 saturated heterocycles. The van der Waals surface area contributed by atoms with Gasteiger partial charge >= 0.3 is 0 Å². The first-order valence-corrected chi connectivity index (χ1v) is 6.46. The molecule has 16 heavy (non-hydrogen) atoms. The van der Waals surface area contributed by atoms with Crippen molar-refractivity contribution in [2.24, 2.45) is 11.8 Å². The van der Waals surface area contributed by atoms with E-state index in [1.165, 1.54) is 0 Å². The summed E-state index contributed by atoms with van der Waals surface area (Å²) in [6.07, 6.45) is 0. The Morgan fingerprint density at radius 2 is 1.62 bits per heavy atom. The lowest BCUT2D eigenvalue weighted by Crippen LogP contribution is -2.46. The van der Waals surface area contributed by atoms with E-state index in [0.717, 1.165) is 19.6 Å². The number of nitrogens with one attached hydrogen (secondary N) is 1. The van der Waals surface area contributed by atoms with E-state index in [4.69, 9.17) is 0 Å². The van der Waals surface area contributed by atoms with E-state index in [0.29, 0.717) is 11.8 Å². The van der Waals surface area contributed by atoms with Crippen LogP contribution in [0, 0.1) is 11.8 Å². The van der Waals surface area contributed by atoms with Crippen LogP contribution in [0.25, 0.3) is 0 Å². The molecular weight excluding hydrogens is 200 g/mol. The Labute approximate surface area is 101 Å². The molecule has 0 fully saturated rings. The third-order valence-corrected chi connectivity index (χ3v) is 3.33. The third kappa shape index (κ3) is 4.97. The molecule has 0 heterocycles. The summed E-state index contributed by atoms with van der Waals surface area (Å²) in [6, 6.07) is -0.0684. The highest BCUT2D eigenvalue weighted by atomic mass is 16.2. The van der Waals surface area contributed by atoms with Crippen molar-refractivity contribution in [1.29, 1.82) is 0 Å². The maximum atomic E-state index is 12.0. The smallest absolute Gasteiger partial charge is 0.239 e. The van der Waals surface area contributed by atoms with Crippen molar-refractivity contribution >= 4 is 5.91 Å². The SMILES string of the molecule is CCN(CC)C(=O)C(C)NCC(C)C(C)C. The first kappa shape index (κ1) is 15.4. The molecule has 1 amide bonds. The van der Waals surface area contributed by atoms with E-state index in [1.807, 2.05) is 25.7 Å². The fourth-order valence-electron chi connectivity index (χ4n) is 1.49. The highest BCUT2D eigenvalue weighted by molar-refractivity contribution is 5.81. The maximum absolute atomic E-state index is 12.0. The summed E-state index contributed by atoms with van der Waals surface area (Å²) < 4.78 is 0. The number of carbonyl (C=O) groups is 1. The zero-order valence-electron chi connectivity index (χ0n) is 11.7. The molecule has 0 aliphatic carbocycles. The number of carbonyl (C=O) groups excluding carboxylic acids is 1. The van der Waals surface area contributed by atoms with Crippen molar-refractivity contribution in [2.45, 2.75) is 47.6 Å². The Bertz CT molecular complexity index is 200. The van der Waals surface area contributed by atoms with E-state index in [9.17, 15) is 4.79 Å². The second kappa shape index (κ2) is 7.66. The van der Waals surface area contributed by atoms with E-state index in [-0.39, 0.29) is 11.9 Å². The number of amides is 1. The van der Waals surface area contributed by atoms with Crippen molar-refractivity contribution < 1.29 is 4.79 Å². The molecule has 0 saturated carbocycles. The van der Waals surface area contributed by atoms with Gasteiger partial charge in [0.25, 0.3) is 0 Å². The highest BCUT2D eigenvalue weighted by Crippen LogP contribution is 2.08. The van der Waals surface area contributed by atoms with Gasteiger partial charge < -0.3 is 10.2 Å². The lowest BCUT2D eigenvalue weighted by atomic mass is 9.98. The Morgan fingerprint density at radius 3 is 2.00 bits per heavy atom. The van der Waals surface area contributed by atoms with Gasteiger partial charge in [0.2, 0.25) is 5.91 Å². The number of hydrogen-bond acceptors (Lipinski definition) is 2. The van der Waals surface area contributed by atoms with Crippen molar-refractivity contribution in [3.8, 4) is 0 Å². The second-order valence-corrected chi connectivity index (χ2v) is 4.86. The van der Waals surface area contributed by atoms with Gasteiger partial charge in [0.1, 0.15) is 0 Å². The lowest BCUT2D eigenvalue weighted by Gasteiger charge is -2.25. The van der Waals surface area contributed by atoms with Gasteiger partial charge in [-0.2, -0.15) is 0 Å². The summed E-state index contributed by atoms with van der Waals surface area (Å²) in [6.45, 7) is 15.1. The summed E-state index contributed by atoms with van der Waals surface area (Å²) in [5.74, 6) is 1.47. The van der Waals surface area contributed by atoms with E-state index in [1.54, 1.807) is 0 Å². The van der Waals surface area contributed by atoms with Crippen LogP contribution >= 0.6 is 0 Å². The molecule has 3 nitrogen and oxygen atoms in total. The Morgan fingerprint density at radius 1 is 1.12 bits per heavy atom. The number of rotatable bonds is 7. The van der Waals surface area contributed by atoms with Crippen LogP contribution in [0.1, 0.15) is 41.5 Å². The predicted octanol–water partition coefficient (Wildman–Crippen LogP) is 2.12. The quantitative estimate of drug-likeness (QED) is 0.724. The van der Waals surface area contributed by atoms with Crippen LogP contribution in [0.15, 0.2) is 0 Å². The van der Waals surface area contributed by atoms with Crippen molar-refractivity contribution in [3.05, 3.63) is 0 Å². The van der Waals surface area contributed by atoms with E-state index < -0.39 is 0 Å². The summed E-state index contributed by atoms with van der Waals surface area (Å²) in [5.41, 5.74) is 0. The second-order valence-electron chi connectivity index (χ2n) is 4.86. The number of hydrogen-bond donors (Lipinski definition) is 1. The minimum Gasteiger partial charge on any atom is -0.342 e. The van der Waals surface area contributed by atoms with Crippen LogP contribution in [-0.4, -0.2) is 36.5 Å². The zero-order chi connectivity index (χ0) is 12.7. The van der Waals surface area contributed by atoms with Gasteiger partial charge in [-0.1, -0.05) is 20.8 Å². The largest absolute Gasteiger partial charge is 0.342 e. The predicted molar refractivity (Wildman–Crippen MR) is 69.4 cm³/mol. The fourth-order valence-corrected chi connectivity index (χ4v) is 1.49. The average molecular weight is 228 g/mol. The molecule has 2 unspecified atom stereocenters. The molecule has 0 bridgehead atoms. The van der Waals surface area contributed by atoms with Crippen LogP contribution in [0.2, 0.25) is 0 Å². The lowest BCUT2D eigenvalue weighted by molar-refractivity contribution is -0.132. The van der Waals surface area contributed by atoms with Gasteiger partial charge in [-0.05, 0) is 39.2 Å². The van der Waals surface area contributed by atoms with Crippen molar-refractivity contribution in [3.63, 3.8) is 0 Å². The molecule has 0 rings (SSSR count). The first-order chi connectivity index (χ1) is 7.43. The molecule has 0 aromatic heterocycles. The van der Waals surface area contributed by atoms with Crippen molar-refractivity contribution in [1.82, 2.24) is 10.2 Å². The molecule has 0 aliphatic heterocycles. The van der Waals surface area contributed by atoms with E-state index in [2.05, 4.69) is 26.1 Å². The highest BCUT2D eigenvalue weighted by Gasteiger charge is 2.18. The van der Waals surface area contributed by atoms with Gasteiger partial charge in [-0.15, -0.1) is 0 Å². The molecule has 96 valence electrons. The molecular formula is C13H28N2O. The van der Waals surface area contributed by atoms with E-state index >= 15 is 0 Å². The minimum atomic E-state index is -0.0684. The Balaban J connectivity index is 4.05. The molecule has 3 heteroatoms. The first-order valence-electron chi connectivity index (χ1n) is 6.46. The Hall–Kier alpha value is -0.570.